The molecule has 1 N–H and O–H groups in total. The van der Waals surface area contributed by atoms with E-state index in [4.69, 9.17) is 4.74 Å². The quantitative estimate of drug-likeness (QED) is 0.785. The van der Waals surface area contributed by atoms with Crippen molar-refractivity contribution in [3.63, 3.8) is 0 Å². The van der Waals surface area contributed by atoms with Crippen LogP contribution in [0.4, 0.5) is 5.69 Å². The van der Waals surface area contributed by atoms with Crippen molar-refractivity contribution >= 4 is 11.6 Å². The molecule has 2 saturated carbocycles. The molecule has 1 aromatic heterocycles. The molecule has 0 bridgehead atoms. The lowest BCUT2D eigenvalue weighted by molar-refractivity contribution is -0.114. The zero-order valence-corrected chi connectivity index (χ0v) is 14.0. The van der Waals surface area contributed by atoms with Gasteiger partial charge < -0.3 is 14.6 Å². The second-order valence-corrected chi connectivity index (χ2v) is 6.83. The molecule has 0 aliphatic heterocycles. The highest BCUT2D eigenvalue weighted by Crippen LogP contribution is 2.41. The van der Waals surface area contributed by atoms with Crippen LogP contribution in [0.3, 0.4) is 0 Å². The molecule has 5 nitrogen and oxygen atoms in total. The standard InChI is InChI=1S/C18H26N2O3/c1-3-4-7-23-16-9-15(10-16)20-11-14(13-5-6-13)8-17(18(20)22)19-12(2)21/h8,11,13,15-16H,3-7,9-10H2,1-2H3,(H,19,21). The summed E-state index contributed by atoms with van der Waals surface area (Å²) in [4.78, 5) is 24.0. The Morgan fingerprint density at radius 1 is 1.39 bits per heavy atom. The van der Waals surface area contributed by atoms with Crippen LogP contribution in [-0.2, 0) is 9.53 Å². The van der Waals surface area contributed by atoms with E-state index in [2.05, 4.69) is 12.2 Å². The van der Waals surface area contributed by atoms with E-state index >= 15 is 0 Å². The summed E-state index contributed by atoms with van der Waals surface area (Å²) in [6, 6.07) is 2.05. The molecular formula is C18H26N2O3. The second kappa shape index (κ2) is 6.87. The fourth-order valence-electron chi connectivity index (χ4n) is 3.11. The first kappa shape index (κ1) is 16.2. The van der Waals surface area contributed by atoms with Crippen LogP contribution in [0.5, 0.6) is 0 Å². The molecule has 0 saturated heterocycles. The van der Waals surface area contributed by atoms with Gasteiger partial charge in [0, 0.05) is 25.8 Å². The predicted molar refractivity (Wildman–Crippen MR) is 89.9 cm³/mol. The first-order chi connectivity index (χ1) is 11.1. The zero-order valence-electron chi connectivity index (χ0n) is 14.0. The van der Waals surface area contributed by atoms with Crippen LogP contribution in [0.15, 0.2) is 17.1 Å². The van der Waals surface area contributed by atoms with Crippen LogP contribution >= 0.6 is 0 Å². The number of aromatic nitrogens is 1. The molecule has 5 heteroatoms. The number of amides is 1. The summed E-state index contributed by atoms with van der Waals surface area (Å²) in [6.07, 6.45) is 8.61. The van der Waals surface area contributed by atoms with E-state index in [0.29, 0.717) is 11.6 Å². The maximum Gasteiger partial charge on any atom is 0.274 e. The van der Waals surface area contributed by atoms with Crippen molar-refractivity contribution in [1.82, 2.24) is 4.57 Å². The topological polar surface area (TPSA) is 60.3 Å². The average molecular weight is 318 g/mol. The Labute approximate surface area is 137 Å². The third-order valence-corrected chi connectivity index (χ3v) is 4.74. The Balaban J connectivity index is 1.73. The maximum atomic E-state index is 12.6. The van der Waals surface area contributed by atoms with Crippen LogP contribution in [0, 0.1) is 0 Å². The third kappa shape index (κ3) is 3.83. The highest BCUT2D eigenvalue weighted by atomic mass is 16.5. The van der Waals surface area contributed by atoms with E-state index in [1.165, 1.54) is 25.3 Å². The molecule has 0 radical (unpaired) electrons. The first-order valence-electron chi connectivity index (χ1n) is 8.73. The molecule has 2 fully saturated rings. The Kier molecular flexibility index (Phi) is 4.85. The molecule has 0 spiro atoms. The Bertz CT molecular complexity index is 628. The molecule has 126 valence electrons. The number of carbonyl (C=O) groups is 1. The average Bonchev–Trinajstić information content (AvgIpc) is 3.28. The SMILES string of the molecule is CCCCOC1CC(n2cc(C3CC3)cc(NC(C)=O)c2=O)C1. The molecular weight excluding hydrogens is 292 g/mol. The van der Waals surface area contributed by atoms with Gasteiger partial charge in [-0.15, -0.1) is 0 Å². The van der Waals surface area contributed by atoms with Crippen LogP contribution in [0.25, 0.3) is 0 Å². The fraction of sp³-hybridized carbons (Fsp3) is 0.667. The monoisotopic (exact) mass is 318 g/mol. The van der Waals surface area contributed by atoms with Crippen LogP contribution < -0.4 is 10.9 Å². The number of pyridine rings is 1. The summed E-state index contributed by atoms with van der Waals surface area (Å²) < 4.78 is 7.63. The lowest BCUT2D eigenvalue weighted by Crippen LogP contribution is -2.39. The highest BCUT2D eigenvalue weighted by molar-refractivity contribution is 5.88. The summed E-state index contributed by atoms with van der Waals surface area (Å²) in [5, 5.41) is 2.69. The van der Waals surface area contributed by atoms with Gasteiger partial charge in [0.1, 0.15) is 5.69 Å². The number of hydrogen-bond acceptors (Lipinski definition) is 3. The van der Waals surface area contributed by atoms with Gasteiger partial charge in [-0.05, 0) is 49.7 Å². The van der Waals surface area contributed by atoms with Crippen molar-refractivity contribution in [2.75, 3.05) is 11.9 Å². The van der Waals surface area contributed by atoms with Crippen molar-refractivity contribution in [3.8, 4) is 0 Å². The highest BCUT2D eigenvalue weighted by Gasteiger charge is 2.33. The van der Waals surface area contributed by atoms with E-state index < -0.39 is 0 Å². The summed E-state index contributed by atoms with van der Waals surface area (Å²) in [7, 11) is 0. The zero-order chi connectivity index (χ0) is 16.4. The van der Waals surface area contributed by atoms with Gasteiger partial charge >= 0.3 is 0 Å². The van der Waals surface area contributed by atoms with E-state index in [9.17, 15) is 9.59 Å². The first-order valence-corrected chi connectivity index (χ1v) is 8.73. The normalized spacial score (nSPS) is 23.4. The number of nitrogens with one attached hydrogen (secondary N) is 1. The van der Waals surface area contributed by atoms with Gasteiger partial charge in [0.2, 0.25) is 5.91 Å². The fourth-order valence-corrected chi connectivity index (χ4v) is 3.11. The van der Waals surface area contributed by atoms with E-state index in [0.717, 1.165) is 32.3 Å². The van der Waals surface area contributed by atoms with Gasteiger partial charge in [-0.1, -0.05) is 13.3 Å². The van der Waals surface area contributed by atoms with Crippen molar-refractivity contribution in [1.29, 1.82) is 0 Å². The van der Waals surface area contributed by atoms with Crippen LogP contribution in [0.2, 0.25) is 0 Å². The van der Waals surface area contributed by atoms with Crippen molar-refractivity contribution in [2.45, 2.75) is 70.4 Å². The molecule has 23 heavy (non-hydrogen) atoms. The van der Waals surface area contributed by atoms with Gasteiger partial charge in [-0.2, -0.15) is 0 Å². The van der Waals surface area contributed by atoms with Crippen molar-refractivity contribution in [3.05, 3.63) is 28.2 Å². The Morgan fingerprint density at radius 2 is 2.13 bits per heavy atom. The van der Waals surface area contributed by atoms with Gasteiger partial charge in [-0.3, -0.25) is 9.59 Å². The van der Waals surface area contributed by atoms with Crippen LogP contribution in [-0.4, -0.2) is 23.2 Å². The minimum Gasteiger partial charge on any atom is -0.378 e. The summed E-state index contributed by atoms with van der Waals surface area (Å²) in [6.45, 7) is 4.40. The lowest BCUT2D eigenvalue weighted by atomic mass is 9.88. The molecule has 2 aliphatic rings. The molecule has 3 rings (SSSR count). The molecule has 0 atom stereocenters. The van der Waals surface area contributed by atoms with E-state index in [-0.39, 0.29) is 23.6 Å². The number of rotatable bonds is 7. The Morgan fingerprint density at radius 3 is 2.74 bits per heavy atom. The minimum atomic E-state index is -0.198. The minimum absolute atomic E-state index is 0.0957. The number of hydrogen-bond donors (Lipinski definition) is 1. The maximum absolute atomic E-state index is 12.6. The molecule has 1 heterocycles. The molecule has 2 aliphatic carbocycles. The van der Waals surface area contributed by atoms with Crippen molar-refractivity contribution in [2.24, 2.45) is 0 Å². The van der Waals surface area contributed by atoms with Gasteiger partial charge in [0.15, 0.2) is 0 Å². The number of anilines is 1. The Hall–Kier alpha value is -1.62. The van der Waals surface area contributed by atoms with E-state index in [1.54, 1.807) is 0 Å². The largest absolute Gasteiger partial charge is 0.378 e. The summed E-state index contributed by atoms with van der Waals surface area (Å²) >= 11 is 0. The van der Waals surface area contributed by atoms with Gasteiger partial charge in [-0.25, -0.2) is 0 Å². The smallest absolute Gasteiger partial charge is 0.274 e. The number of carbonyl (C=O) groups excluding carboxylic acids is 1. The summed E-state index contributed by atoms with van der Waals surface area (Å²) in [5.41, 5.74) is 1.49. The third-order valence-electron chi connectivity index (χ3n) is 4.74. The van der Waals surface area contributed by atoms with Gasteiger partial charge in [0.05, 0.1) is 6.10 Å². The molecule has 0 unspecified atom stereocenters. The molecule has 0 aromatic carbocycles. The van der Waals surface area contributed by atoms with Gasteiger partial charge in [0.25, 0.3) is 5.56 Å². The second-order valence-electron chi connectivity index (χ2n) is 6.83. The van der Waals surface area contributed by atoms with Crippen molar-refractivity contribution < 1.29 is 9.53 Å². The summed E-state index contributed by atoms with van der Waals surface area (Å²) in [5.74, 6) is 0.349. The number of unbranched alkanes of at least 4 members (excludes halogenated alkanes) is 1. The molecule has 1 aromatic rings. The molecule has 1 amide bonds. The van der Waals surface area contributed by atoms with E-state index in [1.807, 2.05) is 16.8 Å². The number of nitrogens with zero attached hydrogens (tertiary/aromatic N) is 1. The lowest BCUT2D eigenvalue weighted by Gasteiger charge is -2.36. The number of ether oxygens (including phenoxy) is 1. The van der Waals surface area contributed by atoms with Crippen LogP contribution in [0.1, 0.15) is 69.9 Å². The predicted octanol–water partition coefficient (Wildman–Crippen LogP) is 3.20.